The molecule has 1 aromatic heterocycles. The van der Waals surface area contributed by atoms with Gasteiger partial charge in [-0.1, -0.05) is 188 Å². The molecule has 0 saturated carbocycles. The van der Waals surface area contributed by atoms with Crippen LogP contribution in [0.25, 0.3) is 83.1 Å². The van der Waals surface area contributed by atoms with E-state index >= 15 is 0 Å². The van der Waals surface area contributed by atoms with E-state index in [1.165, 1.54) is 71.6 Å². The van der Waals surface area contributed by atoms with Gasteiger partial charge < -0.3 is 9.32 Å². The second-order valence-corrected chi connectivity index (χ2v) is 17.4. The third-order valence-electron chi connectivity index (χ3n) is 13.5. The summed E-state index contributed by atoms with van der Waals surface area (Å²) in [5, 5.41) is 6.20. The van der Waals surface area contributed by atoms with Crippen molar-refractivity contribution in [2.75, 3.05) is 4.90 Å². The van der Waals surface area contributed by atoms with Gasteiger partial charge in [-0.3, -0.25) is 0 Å². The number of hydrogen-bond donors (Lipinski definition) is 0. The van der Waals surface area contributed by atoms with Crippen molar-refractivity contribution in [1.29, 1.82) is 0 Å². The maximum Gasteiger partial charge on any atom is 0.134 e. The maximum absolute atomic E-state index is 6.81. The van der Waals surface area contributed by atoms with E-state index in [-0.39, 0.29) is 0 Å². The summed E-state index contributed by atoms with van der Waals surface area (Å²) in [5.74, 6) is 1.01. The first kappa shape index (κ1) is 38.5. The first-order valence-corrected chi connectivity index (χ1v) is 22.5. The molecule has 0 fully saturated rings. The molecule has 10 aromatic carbocycles. The molecule has 2 nitrogen and oxygen atoms in total. The molecule has 0 bridgehead atoms. The van der Waals surface area contributed by atoms with E-state index in [4.69, 9.17) is 4.42 Å². The average Bonchev–Trinajstić information content (AvgIpc) is 3.77. The van der Waals surface area contributed by atoms with Gasteiger partial charge in [0.25, 0.3) is 0 Å². The Balaban J connectivity index is 1.00. The first-order valence-electron chi connectivity index (χ1n) is 22.5. The van der Waals surface area contributed by atoms with Crippen LogP contribution in [0.15, 0.2) is 241 Å². The predicted octanol–water partition coefficient (Wildman–Crippen LogP) is 17.6. The van der Waals surface area contributed by atoms with E-state index < -0.39 is 5.41 Å². The number of anilines is 3. The molecule has 1 heterocycles. The third-order valence-corrected chi connectivity index (χ3v) is 13.5. The Morgan fingerprint density at radius 2 is 0.969 bits per heavy atom. The minimum absolute atomic E-state index is 0.421. The Morgan fingerprint density at radius 3 is 1.66 bits per heavy atom. The molecule has 65 heavy (non-hydrogen) atoms. The average molecular weight is 832 g/mol. The molecule has 1 aliphatic carbocycles. The van der Waals surface area contributed by atoms with Gasteiger partial charge in [-0.2, -0.15) is 0 Å². The van der Waals surface area contributed by atoms with Crippen molar-refractivity contribution in [3.63, 3.8) is 0 Å². The fraction of sp³-hybridized carbons (Fsp3) is 0.0476. The van der Waals surface area contributed by atoms with Crippen molar-refractivity contribution in [1.82, 2.24) is 0 Å². The summed E-state index contributed by atoms with van der Waals surface area (Å²) in [5.41, 5.74) is 15.7. The van der Waals surface area contributed by atoms with Gasteiger partial charge in [0.1, 0.15) is 11.3 Å². The highest BCUT2D eigenvalue weighted by Gasteiger charge is 2.39. The Hall–Kier alpha value is -8.20. The molecule has 0 radical (unpaired) electrons. The summed E-state index contributed by atoms with van der Waals surface area (Å²) in [6, 6.07) is 83.7. The predicted molar refractivity (Wildman–Crippen MR) is 274 cm³/mol. The van der Waals surface area contributed by atoms with Crippen molar-refractivity contribution in [2.24, 2.45) is 0 Å². The quantitative estimate of drug-likeness (QED) is 0.142. The largest absolute Gasteiger partial charge is 0.459 e. The molecule has 308 valence electrons. The van der Waals surface area contributed by atoms with Crippen molar-refractivity contribution >= 4 is 55.7 Å². The summed E-state index contributed by atoms with van der Waals surface area (Å²) >= 11 is 0. The van der Waals surface area contributed by atoms with Gasteiger partial charge in [-0.15, -0.1) is 0 Å². The SMILES string of the molecule is CC1(c2ccccc2N(c2ccc(-c3cc(-c4ccccc4)cc(-c4ccccc4)c3)cc2)c2ccc(-c3cccc4c3ccc3ccccc34)cc2)CC=Cc2c1oc1ccccc21. The van der Waals surface area contributed by atoms with Crippen LogP contribution in [-0.2, 0) is 5.41 Å². The lowest BCUT2D eigenvalue weighted by Crippen LogP contribution is -2.27. The van der Waals surface area contributed by atoms with Gasteiger partial charge in [-0.25, -0.2) is 0 Å². The van der Waals surface area contributed by atoms with Gasteiger partial charge in [0.15, 0.2) is 0 Å². The zero-order valence-electron chi connectivity index (χ0n) is 36.2. The first-order chi connectivity index (χ1) is 32.1. The fourth-order valence-corrected chi connectivity index (χ4v) is 10.2. The summed E-state index contributed by atoms with van der Waals surface area (Å²) < 4.78 is 6.81. The Bertz CT molecular complexity index is 3510. The molecular formula is C63H45NO. The second kappa shape index (κ2) is 15.9. The van der Waals surface area contributed by atoms with Crippen LogP contribution in [0.2, 0.25) is 0 Å². The van der Waals surface area contributed by atoms with Crippen LogP contribution >= 0.6 is 0 Å². The molecule has 0 N–H and O–H groups in total. The van der Waals surface area contributed by atoms with Gasteiger partial charge in [0.2, 0.25) is 0 Å². The number of nitrogens with zero attached hydrogens (tertiary/aromatic N) is 1. The Morgan fingerprint density at radius 1 is 0.415 bits per heavy atom. The van der Waals surface area contributed by atoms with E-state index in [9.17, 15) is 0 Å². The topological polar surface area (TPSA) is 16.4 Å². The molecular weight excluding hydrogens is 787 g/mol. The summed E-state index contributed by atoms with van der Waals surface area (Å²) in [7, 11) is 0. The summed E-state index contributed by atoms with van der Waals surface area (Å²) in [4.78, 5) is 2.43. The molecule has 11 aromatic rings. The Kier molecular flexibility index (Phi) is 9.39. The minimum Gasteiger partial charge on any atom is -0.459 e. The molecule has 0 saturated heterocycles. The van der Waals surface area contributed by atoms with Crippen LogP contribution in [0, 0.1) is 0 Å². The number of allylic oxidation sites excluding steroid dienone is 1. The number of benzene rings is 10. The zero-order valence-corrected chi connectivity index (χ0v) is 36.2. The van der Waals surface area contributed by atoms with Crippen LogP contribution in [0.1, 0.15) is 30.2 Å². The van der Waals surface area contributed by atoms with E-state index in [0.717, 1.165) is 45.8 Å². The van der Waals surface area contributed by atoms with Crippen LogP contribution in [0.3, 0.4) is 0 Å². The number of fused-ring (bicyclic) bond motifs is 6. The zero-order chi connectivity index (χ0) is 43.3. The number of furan rings is 1. The summed E-state index contributed by atoms with van der Waals surface area (Å²) in [6.07, 6.45) is 5.38. The van der Waals surface area contributed by atoms with Crippen molar-refractivity contribution < 1.29 is 4.42 Å². The van der Waals surface area contributed by atoms with Crippen LogP contribution in [0.5, 0.6) is 0 Å². The highest BCUT2D eigenvalue weighted by Crippen LogP contribution is 2.50. The molecule has 1 unspecified atom stereocenters. The van der Waals surface area contributed by atoms with E-state index in [1.54, 1.807) is 0 Å². The lowest BCUT2D eigenvalue weighted by atomic mass is 9.72. The third kappa shape index (κ3) is 6.74. The van der Waals surface area contributed by atoms with Crippen molar-refractivity contribution in [3.05, 3.63) is 253 Å². The van der Waals surface area contributed by atoms with Crippen molar-refractivity contribution in [2.45, 2.75) is 18.8 Å². The molecule has 0 amide bonds. The highest BCUT2D eigenvalue weighted by atomic mass is 16.3. The highest BCUT2D eigenvalue weighted by molar-refractivity contribution is 6.12. The van der Waals surface area contributed by atoms with Crippen LogP contribution in [0.4, 0.5) is 17.1 Å². The van der Waals surface area contributed by atoms with Gasteiger partial charge >= 0.3 is 0 Å². The smallest absolute Gasteiger partial charge is 0.134 e. The maximum atomic E-state index is 6.81. The van der Waals surface area contributed by atoms with Crippen LogP contribution < -0.4 is 4.90 Å². The van der Waals surface area contributed by atoms with Gasteiger partial charge in [0.05, 0.1) is 11.1 Å². The van der Waals surface area contributed by atoms with E-state index in [0.29, 0.717) is 0 Å². The lowest BCUT2D eigenvalue weighted by molar-refractivity contribution is 0.426. The minimum atomic E-state index is -0.421. The summed E-state index contributed by atoms with van der Waals surface area (Å²) in [6.45, 7) is 2.34. The standard InChI is InChI=1S/C63H45NO/c1-63(39-15-25-58-57-22-10-13-28-61(57)65-62(58)63)59-26-11-12-27-60(59)64(52-36-31-47(32-37-52)54-23-14-24-55-53-21-9-8-20-46(53)33-38-56(54)55)51-34-29-45(30-35-51)50-41-48(43-16-4-2-5-17-43)40-49(42-50)44-18-6-3-7-19-44/h2-38,40-42H,39H2,1H3. The van der Waals surface area contributed by atoms with Crippen LogP contribution in [-0.4, -0.2) is 0 Å². The number of para-hydroxylation sites is 2. The molecule has 2 heteroatoms. The van der Waals surface area contributed by atoms with Crippen molar-refractivity contribution in [3.8, 4) is 44.5 Å². The molecule has 1 aliphatic rings. The number of rotatable bonds is 8. The molecule has 12 rings (SSSR count). The van der Waals surface area contributed by atoms with Gasteiger partial charge in [-0.05, 0) is 140 Å². The normalized spacial score (nSPS) is 14.5. The molecule has 0 spiro atoms. The number of hydrogen-bond acceptors (Lipinski definition) is 2. The second-order valence-electron chi connectivity index (χ2n) is 17.4. The fourth-order valence-electron chi connectivity index (χ4n) is 10.2. The van der Waals surface area contributed by atoms with E-state index in [1.807, 2.05) is 0 Å². The Labute approximate surface area is 380 Å². The lowest BCUT2D eigenvalue weighted by Gasteiger charge is -2.36. The monoisotopic (exact) mass is 831 g/mol. The molecule has 1 atom stereocenters. The molecule has 0 aliphatic heterocycles. The van der Waals surface area contributed by atoms with E-state index in [2.05, 4.69) is 254 Å². The van der Waals surface area contributed by atoms with Gasteiger partial charge in [0, 0.05) is 22.3 Å².